The molecule has 0 saturated carbocycles. The maximum atomic E-state index is 12.2. The smallest absolute Gasteiger partial charge is 0.268 e. The highest BCUT2D eigenvalue weighted by atomic mass is 32.1. The van der Waals surface area contributed by atoms with Gasteiger partial charge in [0, 0.05) is 11.0 Å². The number of thiophene rings is 1. The van der Waals surface area contributed by atoms with Crippen LogP contribution in [0.25, 0.3) is 6.08 Å². The number of carbonyl (C=O) groups excluding carboxylic acids is 2. The van der Waals surface area contributed by atoms with Crippen LogP contribution < -0.4 is 10.9 Å². The summed E-state index contributed by atoms with van der Waals surface area (Å²) in [6.07, 6.45) is 6.35. The highest BCUT2D eigenvalue weighted by Crippen LogP contribution is 2.32. The van der Waals surface area contributed by atoms with Gasteiger partial charge in [0.2, 0.25) is 0 Å². The first kappa shape index (κ1) is 16.5. The maximum Gasteiger partial charge on any atom is 0.279 e. The lowest BCUT2D eigenvalue weighted by atomic mass is 9.90. The Morgan fingerprint density at radius 2 is 2.00 bits per heavy atom. The predicted molar refractivity (Wildman–Crippen MR) is 96.6 cm³/mol. The van der Waals surface area contributed by atoms with Gasteiger partial charge in [-0.1, -0.05) is 37.3 Å². The Morgan fingerprint density at radius 3 is 2.79 bits per heavy atom. The minimum absolute atomic E-state index is 0.261. The van der Waals surface area contributed by atoms with Crippen LogP contribution >= 0.6 is 11.3 Å². The number of fused-ring (bicyclic) bond motifs is 1. The highest BCUT2D eigenvalue weighted by molar-refractivity contribution is 7.14. The van der Waals surface area contributed by atoms with Crippen LogP contribution in [0.3, 0.4) is 0 Å². The molecule has 2 amide bonds. The van der Waals surface area contributed by atoms with Crippen LogP contribution in [-0.4, -0.2) is 11.8 Å². The van der Waals surface area contributed by atoms with Crippen molar-refractivity contribution >= 4 is 29.2 Å². The minimum Gasteiger partial charge on any atom is -0.268 e. The summed E-state index contributed by atoms with van der Waals surface area (Å²) in [6, 6.07) is 11.5. The molecule has 3 rings (SSSR count). The van der Waals surface area contributed by atoms with Crippen molar-refractivity contribution in [1.29, 1.82) is 0 Å². The molecule has 2 aromatic rings. The summed E-state index contributed by atoms with van der Waals surface area (Å²) < 4.78 is 0. The fourth-order valence-electron chi connectivity index (χ4n) is 2.78. The Bertz CT molecular complexity index is 765. The van der Waals surface area contributed by atoms with Gasteiger partial charge in [-0.15, -0.1) is 11.3 Å². The van der Waals surface area contributed by atoms with E-state index in [2.05, 4.69) is 17.8 Å². The molecule has 24 heavy (non-hydrogen) atoms. The van der Waals surface area contributed by atoms with Gasteiger partial charge < -0.3 is 0 Å². The molecular formula is C19H20N2O2S. The van der Waals surface area contributed by atoms with E-state index in [0.717, 1.165) is 18.4 Å². The first-order valence-electron chi connectivity index (χ1n) is 8.07. The van der Waals surface area contributed by atoms with Gasteiger partial charge in [0.15, 0.2) is 0 Å². The lowest BCUT2D eigenvalue weighted by Gasteiger charge is -2.16. The largest absolute Gasteiger partial charge is 0.279 e. The molecule has 4 nitrogen and oxygen atoms in total. The molecule has 0 aliphatic heterocycles. The number of hydrogen-bond donors (Lipinski definition) is 2. The topological polar surface area (TPSA) is 58.2 Å². The van der Waals surface area contributed by atoms with E-state index in [1.54, 1.807) is 6.08 Å². The van der Waals surface area contributed by atoms with Crippen LogP contribution in [0.15, 0.2) is 42.5 Å². The second kappa shape index (κ2) is 7.45. The fourth-order valence-corrected chi connectivity index (χ4v) is 3.88. The van der Waals surface area contributed by atoms with Crippen LogP contribution in [0.2, 0.25) is 0 Å². The molecule has 1 aliphatic rings. The van der Waals surface area contributed by atoms with E-state index >= 15 is 0 Å². The van der Waals surface area contributed by atoms with Crippen LogP contribution in [-0.2, 0) is 17.6 Å². The lowest BCUT2D eigenvalue weighted by molar-refractivity contribution is -0.117. The number of rotatable bonds is 3. The molecule has 1 heterocycles. The number of nitrogens with one attached hydrogen (secondary N) is 2. The van der Waals surface area contributed by atoms with E-state index in [9.17, 15) is 9.59 Å². The maximum absolute atomic E-state index is 12.2. The summed E-state index contributed by atoms with van der Waals surface area (Å²) in [5.74, 6) is 0.0523. The zero-order valence-corrected chi connectivity index (χ0v) is 14.4. The Balaban J connectivity index is 1.54. The van der Waals surface area contributed by atoms with Crippen molar-refractivity contribution in [3.63, 3.8) is 0 Å². The lowest BCUT2D eigenvalue weighted by Crippen LogP contribution is -2.40. The predicted octanol–water partition coefficient (Wildman–Crippen LogP) is 3.35. The van der Waals surface area contributed by atoms with Gasteiger partial charge in [-0.05, 0) is 48.4 Å². The third-order valence-electron chi connectivity index (χ3n) is 4.08. The number of hydrazine groups is 1. The fraction of sp³-hybridized carbons (Fsp3) is 0.263. The van der Waals surface area contributed by atoms with Gasteiger partial charge in [-0.25, -0.2) is 0 Å². The second-order valence-electron chi connectivity index (χ2n) is 6.09. The standard InChI is InChI=1S/C19H20N2O2S/c1-13-7-9-16-15(11-13)12-17(24-16)19(23)21-20-18(22)10-8-14-5-3-2-4-6-14/h2-6,8,10,12-13H,7,9,11H2,1H3,(H,20,22)(H,21,23)/b10-8+/t13-/m1/s1. The average molecular weight is 340 g/mol. The molecule has 0 unspecified atom stereocenters. The van der Waals surface area contributed by atoms with Crippen molar-refractivity contribution in [3.05, 3.63) is 63.4 Å². The third kappa shape index (κ3) is 4.11. The minimum atomic E-state index is -0.359. The van der Waals surface area contributed by atoms with E-state index in [4.69, 9.17) is 0 Å². The average Bonchev–Trinajstić information content (AvgIpc) is 3.02. The SMILES string of the molecule is C[C@@H]1CCc2sc(C(=O)NNC(=O)/C=C/c3ccccc3)cc2C1. The molecule has 0 spiro atoms. The van der Waals surface area contributed by atoms with E-state index < -0.39 is 0 Å². The molecule has 1 aliphatic carbocycles. The number of aryl methyl sites for hydroxylation is 1. The molecule has 1 aromatic heterocycles. The molecule has 0 bridgehead atoms. The van der Waals surface area contributed by atoms with E-state index in [-0.39, 0.29) is 11.8 Å². The highest BCUT2D eigenvalue weighted by Gasteiger charge is 2.20. The summed E-state index contributed by atoms with van der Waals surface area (Å²) in [5, 5.41) is 0. The van der Waals surface area contributed by atoms with Gasteiger partial charge in [-0.3, -0.25) is 20.4 Å². The molecule has 5 heteroatoms. The molecule has 124 valence electrons. The van der Waals surface area contributed by atoms with Gasteiger partial charge in [0.05, 0.1) is 4.88 Å². The second-order valence-corrected chi connectivity index (χ2v) is 7.23. The molecule has 1 atom stereocenters. The van der Waals surface area contributed by atoms with E-state index in [1.807, 2.05) is 36.4 Å². The van der Waals surface area contributed by atoms with Gasteiger partial charge >= 0.3 is 0 Å². The van der Waals surface area contributed by atoms with Crippen LogP contribution in [0, 0.1) is 5.92 Å². The van der Waals surface area contributed by atoms with Crippen molar-refractivity contribution in [1.82, 2.24) is 10.9 Å². The van der Waals surface area contributed by atoms with E-state index in [0.29, 0.717) is 10.8 Å². The summed E-state index contributed by atoms with van der Waals surface area (Å²) in [5.41, 5.74) is 7.10. The summed E-state index contributed by atoms with van der Waals surface area (Å²) >= 11 is 1.53. The monoisotopic (exact) mass is 340 g/mol. The number of hydrogen-bond acceptors (Lipinski definition) is 3. The zero-order valence-electron chi connectivity index (χ0n) is 13.5. The number of carbonyl (C=O) groups is 2. The van der Waals surface area contributed by atoms with E-state index in [1.165, 1.54) is 34.3 Å². The van der Waals surface area contributed by atoms with Crippen LogP contribution in [0.5, 0.6) is 0 Å². The Labute approximate surface area is 145 Å². The third-order valence-corrected chi connectivity index (χ3v) is 5.31. The summed E-state index contributed by atoms with van der Waals surface area (Å²) in [7, 11) is 0. The first-order valence-corrected chi connectivity index (χ1v) is 8.88. The molecular weight excluding hydrogens is 320 g/mol. The number of benzene rings is 1. The Morgan fingerprint density at radius 1 is 1.21 bits per heavy atom. The first-order chi connectivity index (χ1) is 11.6. The van der Waals surface area contributed by atoms with Gasteiger partial charge in [0.25, 0.3) is 11.8 Å². The van der Waals surface area contributed by atoms with Crippen molar-refractivity contribution in [3.8, 4) is 0 Å². The molecule has 0 fully saturated rings. The number of amides is 2. The van der Waals surface area contributed by atoms with Crippen molar-refractivity contribution in [2.24, 2.45) is 5.92 Å². The molecule has 0 saturated heterocycles. The summed E-state index contributed by atoms with van der Waals surface area (Å²) in [4.78, 5) is 25.9. The van der Waals surface area contributed by atoms with Crippen LogP contribution in [0.1, 0.15) is 39.0 Å². The normalized spacial score (nSPS) is 16.6. The molecule has 2 N–H and O–H groups in total. The summed E-state index contributed by atoms with van der Waals surface area (Å²) in [6.45, 7) is 2.24. The van der Waals surface area contributed by atoms with Crippen LogP contribution in [0.4, 0.5) is 0 Å². The quantitative estimate of drug-likeness (QED) is 0.665. The van der Waals surface area contributed by atoms with Gasteiger partial charge in [-0.2, -0.15) is 0 Å². The molecule has 0 radical (unpaired) electrons. The Kier molecular flexibility index (Phi) is 5.11. The Hall–Kier alpha value is -2.40. The zero-order chi connectivity index (χ0) is 16.9. The van der Waals surface area contributed by atoms with Crippen molar-refractivity contribution < 1.29 is 9.59 Å². The van der Waals surface area contributed by atoms with Crippen molar-refractivity contribution in [2.75, 3.05) is 0 Å². The van der Waals surface area contributed by atoms with Crippen molar-refractivity contribution in [2.45, 2.75) is 26.2 Å². The molecule has 1 aromatic carbocycles. The van der Waals surface area contributed by atoms with Gasteiger partial charge in [0.1, 0.15) is 0 Å².